The molecule has 0 atom stereocenters. The van der Waals surface area contributed by atoms with Crippen molar-refractivity contribution in [2.45, 2.75) is 6.92 Å². The number of carbonyl (C=O) groups excluding carboxylic acids is 1. The van der Waals surface area contributed by atoms with E-state index in [1.165, 1.54) is 7.05 Å². The largest absolute Gasteiger partial charge is 0.494 e. The number of benzene rings is 1. The number of hydrogen-bond acceptors (Lipinski definition) is 11. The zero-order valence-corrected chi connectivity index (χ0v) is 20.0. The Hall–Kier alpha value is -5.07. The number of carbonyl (C=O) groups is 1. The van der Waals surface area contributed by atoms with Crippen LogP contribution in [0.5, 0.6) is 5.75 Å². The lowest BCUT2D eigenvalue weighted by Crippen LogP contribution is -2.21. The van der Waals surface area contributed by atoms with Crippen molar-refractivity contribution in [1.29, 1.82) is 0 Å². The Morgan fingerprint density at radius 2 is 1.92 bits per heavy atom. The van der Waals surface area contributed by atoms with Gasteiger partial charge >= 0.3 is 0 Å². The molecule has 3 heterocycles. The second kappa shape index (κ2) is 10.5. The van der Waals surface area contributed by atoms with E-state index in [0.29, 0.717) is 51.4 Å². The van der Waals surface area contributed by atoms with Crippen LogP contribution in [0.4, 0.5) is 23.0 Å². The van der Waals surface area contributed by atoms with E-state index >= 15 is 0 Å². The number of pyridine rings is 1. The Balaban J connectivity index is 1.69. The van der Waals surface area contributed by atoms with Crippen molar-refractivity contribution in [3.63, 3.8) is 0 Å². The molecule has 0 radical (unpaired) electrons. The Kier molecular flexibility index (Phi) is 6.99. The second-order valence-electron chi connectivity index (χ2n) is 7.57. The fraction of sp³-hybridized carbons (Fsp3) is 0.174. The van der Waals surface area contributed by atoms with Crippen LogP contribution in [0.15, 0.2) is 54.1 Å². The third kappa shape index (κ3) is 5.04. The Bertz CT molecular complexity index is 1420. The van der Waals surface area contributed by atoms with Crippen LogP contribution in [0.1, 0.15) is 23.0 Å². The maximum atomic E-state index is 12.5. The summed E-state index contributed by atoms with van der Waals surface area (Å²) in [5.74, 6) is 1.41. The van der Waals surface area contributed by atoms with E-state index in [-0.39, 0.29) is 5.69 Å². The molecule has 13 heteroatoms. The summed E-state index contributed by atoms with van der Waals surface area (Å²) in [6, 6.07) is 10.6. The summed E-state index contributed by atoms with van der Waals surface area (Å²) < 4.78 is 7.26. The lowest BCUT2D eigenvalue weighted by molar-refractivity contribution is 0.0958. The van der Waals surface area contributed by atoms with Crippen molar-refractivity contribution < 1.29 is 14.7 Å². The van der Waals surface area contributed by atoms with Crippen LogP contribution in [-0.2, 0) is 7.05 Å². The highest BCUT2D eigenvalue weighted by Crippen LogP contribution is 2.37. The minimum Gasteiger partial charge on any atom is -0.494 e. The lowest BCUT2D eigenvalue weighted by atomic mass is 10.1. The SMILES string of the molecule is CNC(=O)c1nnc(Nc2ccc(C(C)=NO)cn2)cc1Nc1cccc(-c2ncn(C)n2)c1OC. The molecule has 0 aliphatic heterocycles. The molecule has 0 saturated carbocycles. The minimum absolute atomic E-state index is 0.0876. The molecule has 0 bridgehead atoms. The van der Waals surface area contributed by atoms with Gasteiger partial charge < -0.3 is 25.9 Å². The summed E-state index contributed by atoms with van der Waals surface area (Å²) in [6.07, 6.45) is 3.16. The number of oxime groups is 1. The average Bonchev–Trinajstić information content (AvgIpc) is 3.34. The molecule has 4 rings (SSSR count). The molecule has 0 spiro atoms. The van der Waals surface area contributed by atoms with Crippen molar-refractivity contribution >= 4 is 34.6 Å². The summed E-state index contributed by atoms with van der Waals surface area (Å²) in [5.41, 5.74) is 2.83. The first-order valence-corrected chi connectivity index (χ1v) is 10.8. The number of para-hydroxylation sites is 1. The molecule has 13 nitrogen and oxygen atoms in total. The zero-order chi connectivity index (χ0) is 25.7. The monoisotopic (exact) mass is 488 g/mol. The third-order valence-corrected chi connectivity index (χ3v) is 5.15. The first-order chi connectivity index (χ1) is 17.4. The summed E-state index contributed by atoms with van der Waals surface area (Å²) in [4.78, 5) is 21.1. The topological polar surface area (TPSA) is 164 Å². The summed E-state index contributed by atoms with van der Waals surface area (Å²) >= 11 is 0. The van der Waals surface area contributed by atoms with Crippen LogP contribution in [0.25, 0.3) is 11.4 Å². The fourth-order valence-corrected chi connectivity index (χ4v) is 3.34. The first-order valence-electron chi connectivity index (χ1n) is 10.8. The summed E-state index contributed by atoms with van der Waals surface area (Å²) in [6.45, 7) is 1.66. The molecular weight excluding hydrogens is 464 g/mol. The van der Waals surface area contributed by atoms with Crippen molar-refractivity contribution in [3.8, 4) is 17.1 Å². The highest BCUT2D eigenvalue weighted by atomic mass is 16.5. The van der Waals surface area contributed by atoms with Gasteiger partial charge in [0.25, 0.3) is 5.91 Å². The highest BCUT2D eigenvalue weighted by molar-refractivity contribution is 5.99. The summed E-state index contributed by atoms with van der Waals surface area (Å²) in [5, 5.41) is 33.5. The number of hydrogen-bond donors (Lipinski definition) is 4. The number of aryl methyl sites for hydroxylation is 1. The Morgan fingerprint density at radius 1 is 1.08 bits per heavy atom. The van der Waals surface area contributed by atoms with Gasteiger partial charge in [-0.2, -0.15) is 5.10 Å². The molecule has 3 aromatic heterocycles. The molecular formula is C23H24N10O3. The first kappa shape index (κ1) is 24.1. The van der Waals surface area contributed by atoms with Crippen LogP contribution >= 0.6 is 0 Å². The van der Waals surface area contributed by atoms with Gasteiger partial charge in [0.05, 0.1) is 29.8 Å². The molecule has 0 saturated heterocycles. The van der Waals surface area contributed by atoms with Gasteiger partial charge in [-0.1, -0.05) is 11.2 Å². The number of ether oxygens (including phenoxy) is 1. The van der Waals surface area contributed by atoms with E-state index in [9.17, 15) is 4.79 Å². The number of rotatable bonds is 8. The molecule has 184 valence electrons. The van der Waals surface area contributed by atoms with Crippen molar-refractivity contribution in [2.24, 2.45) is 12.2 Å². The van der Waals surface area contributed by atoms with Gasteiger partial charge in [-0.3, -0.25) is 9.48 Å². The van der Waals surface area contributed by atoms with Crippen LogP contribution in [0.2, 0.25) is 0 Å². The highest BCUT2D eigenvalue weighted by Gasteiger charge is 2.19. The zero-order valence-electron chi connectivity index (χ0n) is 20.0. The van der Waals surface area contributed by atoms with E-state index in [1.54, 1.807) is 62.6 Å². The van der Waals surface area contributed by atoms with Crippen molar-refractivity contribution in [2.75, 3.05) is 24.8 Å². The minimum atomic E-state index is -0.417. The predicted octanol–water partition coefficient (Wildman–Crippen LogP) is 2.72. The standard InChI is InChI=1S/C23H24N10O3/c1-13(32-35)14-8-9-18(25-11-14)28-19-10-17(20(30-29-19)23(34)24-2)27-16-7-5-6-15(21(16)36-4)22-26-12-33(3)31-22/h5-12,35H,1-4H3,(H,24,34)(H2,25,27,28,29). The van der Waals surface area contributed by atoms with E-state index in [0.717, 1.165) is 0 Å². The molecule has 1 aromatic carbocycles. The lowest BCUT2D eigenvalue weighted by Gasteiger charge is -2.16. The van der Waals surface area contributed by atoms with Gasteiger partial charge in [-0.05, 0) is 31.2 Å². The van der Waals surface area contributed by atoms with Gasteiger partial charge in [0, 0.05) is 31.9 Å². The van der Waals surface area contributed by atoms with Gasteiger partial charge in [-0.15, -0.1) is 10.2 Å². The molecule has 0 aliphatic rings. The predicted molar refractivity (Wildman–Crippen MR) is 133 cm³/mol. The van der Waals surface area contributed by atoms with Crippen molar-refractivity contribution in [3.05, 3.63) is 60.2 Å². The molecule has 1 amide bonds. The van der Waals surface area contributed by atoms with E-state index in [2.05, 4.69) is 46.4 Å². The van der Waals surface area contributed by atoms with Crippen molar-refractivity contribution in [1.82, 2.24) is 35.3 Å². The van der Waals surface area contributed by atoms with Gasteiger partial charge in [0.2, 0.25) is 0 Å². The molecule has 4 N–H and O–H groups in total. The van der Waals surface area contributed by atoms with Crippen LogP contribution in [0.3, 0.4) is 0 Å². The quantitative estimate of drug-likeness (QED) is 0.165. The Morgan fingerprint density at radius 3 is 2.56 bits per heavy atom. The maximum Gasteiger partial charge on any atom is 0.273 e. The van der Waals surface area contributed by atoms with E-state index in [4.69, 9.17) is 9.94 Å². The fourth-order valence-electron chi connectivity index (χ4n) is 3.34. The van der Waals surface area contributed by atoms with Crippen LogP contribution < -0.4 is 20.7 Å². The number of methoxy groups -OCH3 is 1. The molecule has 0 aliphatic carbocycles. The average molecular weight is 489 g/mol. The van der Waals surface area contributed by atoms with Gasteiger partial charge in [0.1, 0.15) is 12.1 Å². The third-order valence-electron chi connectivity index (χ3n) is 5.15. The Labute approximate surface area is 206 Å². The van der Waals surface area contributed by atoms with Crippen LogP contribution in [-0.4, -0.2) is 60.9 Å². The summed E-state index contributed by atoms with van der Waals surface area (Å²) in [7, 11) is 4.83. The van der Waals surface area contributed by atoms with E-state index < -0.39 is 5.91 Å². The smallest absolute Gasteiger partial charge is 0.273 e. The molecule has 36 heavy (non-hydrogen) atoms. The number of nitrogens with one attached hydrogen (secondary N) is 3. The van der Waals surface area contributed by atoms with Gasteiger partial charge in [-0.25, -0.2) is 9.97 Å². The maximum absolute atomic E-state index is 12.5. The van der Waals surface area contributed by atoms with Gasteiger partial charge in [0.15, 0.2) is 23.1 Å². The van der Waals surface area contributed by atoms with Crippen LogP contribution in [0, 0.1) is 0 Å². The molecule has 4 aromatic rings. The molecule has 0 unspecified atom stereocenters. The molecule has 0 fully saturated rings. The number of anilines is 4. The second-order valence-corrected chi connectivity index (χ2v) is 7.57. The number of nitrogens with zero attached hydrogens (tertiary/aromatic N) is 7. The number of amides is 1. The normalized spacial score (nSPS) is 11.2. The van der Waals surface area contributed by atoms with E-state index in [1.807, 2.05) is 12.1 Å². The number of aromatic nitrogens is 6.